The minimum atomic E-state index is -1.02. The molecule has 8 nitrogen and oxygen atoms in total. The third kappa shape index (κ3) is 3.27. The van der Waals surface area contributed by atoms with E-state index in [1.807, 2.05) is 0 Å². The number of carbonyl (C=O) groups excluding carboxylic acids is 3. The van der Waals surface area contributed by atoms with Crippen LogP contribution in [0.1, 0.15) is 15.9 Å². The Bertz CT molecular complexity index is 696. The van der Waals surface area contributed by atoms with Crippen molar-refractivity contribution >= 4 is 30.3 Å². The number of amides is 3. The average molecular weight is 331 g/mol. The van der Waals surface area contributed by atoms with Gasteiger partial charge in [0.25, 0.3) is 5.91 Å². The molecule has 2 aliphatic rings. The molecule has 9 heteroatoms. The lowest BCUT2D eigenvalue weighted by Gasteiger charge is -2.32. The number of piperazine rings is 1. The summed E-state index contributed by atoms with van der Waals surface area (Å²) in [4.78, 5) is 38.9. The van der Waals surface area contributed by atoms with Crippen molar-refractivity contribution < 1.29 is 24.1 Å². The van der Waals surface area contributed by atoms with Gasteiger partial charge in [0.05, 0.1) is 19.7 Å². The Kier molecular flexibility index (Phi) is 4.54. The van der Waals surface area contributed by atoms with Crippen LogP contribution in [0.4, 0.5) is 0 Å². The average Bonchev–Trinajstić information content (AvgIpc) is 2.95. The fourth-order valence-electron chi connectivity index (χ4n) is 2.70. The largest absolute Gasteiger partial charge is 0.491 e. The van der Waals surface area contributed by atoms with E-state index in [-0.39, 0.29) is 24.9 Å². The lowest BCUT2D eigenvalue weighted by molar-refractivity contribution is -0.143. The molecule has 3 amide bonds. The molecule has 0 saturated carbocycles. The van der Waals surface area contributed by atoms with E-state index in [9.17, 15) is 19.4 Å². The second kappa shape index (κ2) is 6.62. The van der Waals surface area contributed by atoms with Crippen LogP contribution in [-0.2, 0) is 20.9 Å². The first kappa shape index (κ1) is 16.5. The summed E-state index contributed by atoms with van der Waals surface area (Å²) in [5, 5.41) is 12.2. The summed E-state index contributed by atoms with van der Waals surface area (Å²) in [6.45, 7) is 1.12. The summed E-state index contributed by atoms with van der Waals surface area (Å²) in [6, 6.07) is 4.91. The van der Waals surface area contributed by atoms with Crippen LogP contribution in [0.25, 0.3) is 0 Å². The van der Waals surface area contributed by atoms with E-state index < -0.39 is 13.0 Å². The first-order valence-corrected chi connectivity index (χ1v) is 7.68. The molecule has 0 unspecified atom stereocenters. The molecule has 1 aromatic carbocycles. The van der Waals surface area contributed by atoms with Crippen molar-refractivity contribution in [1.82, 2.24) is 15.1 Å². The molecule has 1 saturated heterocycles. The Hall–Kier alpha value is -2.39. The van der Waals surface area contributed by atoms with Crippen LogP contribution in [0.5, 0.6) is 0 Å². The molecule has 2 N–H and O–H groups in total. The standard InChI is InChI=1S/C15H18BN3O5/c1-18-4-5-19(8-14(18)21)13(20)7-17-15(22)10-2-3-11-9-24-16(23)12(11)6-10/h2-3,6,23H,4-5,7-9H2,1H3,(H,17,22). The maximum absolute atomic E-state index is 12.2. The van der Waals surface area contributed by atoms with Crippen molar-refractivity contribution in [2.45, 2.75) is 6.61 Å². The molecule has 24 heavy (non-hydrogen) atoms. The fraction of sp³-hybridized carbons (Fsp3) is 0.400. The van der Waals surface area contributed by atoms with Gasteiger partial charge in [0.15, 0.2) is 0 Å². The lowest BCUT2D eigenvalue weighted by atomic mass is 9.79. The predicted octanol–water partition coefficient (Wildman–Crippen LogP) is -2.07. The van der Waals surface area contributed by atoms with Gasteiger partial charge in [-0.3, -0.25) is 14.4 Å². The van der Waals surface area contributed by atoms with Gasteiger partial charge in [-0.15, -0.1) is 0 Å². The van der Waals surface area contributed by atoms with Gasteiger partial charge in [-0.1, -0.05) is 6.07 Å². The highest BCUT2D eigenvalue weighted by atomic mass is 16.5. The molecule has 0 spiro atoms. The van der Waals surface area contributed by atoms with Gasteiger partial charge in [0.1, 0.15) is 0 Å². The van der Waals surface area contributed by atoms with E-state index in [2.05, 4.69) is 5.32 Å². The summed E-state index contributed by atoms with van der Waals surface area (Å²) < 4.78 is 5.08. The van der Waals surface area contributed by atoms with Crippen LogP contribution < -0.4 is 10.8 Å². The van der Waals surface area contributed by atoms with E-state index in [4.69, 9.17) is 4.65 Å². The van der Waals surface area contributed by atoms with Gasteiger partial charge in [-0.25, -0.2) is 0 Å². The third-order valence-electron chi connectivity index (χ3n) is 4.28. The highest BCUT2D eigenvalue weighted by molar-refractivity contribution is 6.61. The quantitative estimate of drug-likeness (QED) is 0.621. The Balaban J connectivity index is 1.57. The molecule has 0 radical (unpaired) electrons. The van der Waals surface area contributed by atoms with Gasteiger partial charge in [-0.05, 0) is 23.2 Å². The summed E-state index contributed by atoms with van der Waals surface area (Å²) in [5.74, 6) is -0.825. The monoisotopic (exact) mass is 331 g/mol. The molecule has 0 aromatic heterocycles. The second-order valence-electron chi connectivity index (χ2n) is 5.89. The lowest BCUT2D eigenvalue weighted by Crippen LogP contribution is -2.52. The minimum Gasteiger partial charge on any atom is -0.423 e. The van der Waals surface area contributed by atoms with Gasteiger partial charge in [0, 0.05) is 25.7 Å². The van der Waals surface area contributed by atoms with Crippen LogP contribution >= 0.6 is 0 Å². The molecule has 0 atom stereocenters. The van der Waals surface area contributed by atoms with Crippen molar-refractivity contribution in [3.8, 4) is 0 Å². The molecule has 126 valence electrons. The van der Waals surface area contributed by atoms with Crippen LogP contribution in [-0.4, -0.2) is 72.9 Å². The highest BCUT2D eigenvalue weighted by Gasteiger charge is 2.28. The first-order valence-electron chi connectivity index (χ1n) is 7.68. The van der Waals surface area contributed by atoms with E-state index in [1.165, 1.54) is 4.90 Å². The molecule has 1 aromatic rings. The number of carbonyl (C=O) groups is 3. The number of rotatable bonds is 3. The van der Waals surface area contributed by atoms with Gasteiger partial charge < -0.3 is 24.8 Å². The SMILES string of the molecule is CN1CCN(C(=O)CNC(=O)c2ccc3c(c2)B(O)OC3)CC1=O. The third-order valence-corrected chi connectivity index (χ3v) is 4.28. The first-order chi connectivity index (χ1) is 11.5. The zero-order valence-electron chi connectivity index (χ0n) is 13.3. The predicted molar refractivity (Wildman–Crippen MR) is 85.4 cm³/mol. The van der Waals surface area contributed by atoms with Gasteiger partial charge in [-0.2, -0.15) is 0 Å². The van der Waals surface area contributed by atoms with Crippen LogP contribution in [0.3, 0.4) is 0 Å². The molecule has 2 aliphatic heterocycles. The van der Waals surface area contributed by atoms with Gasteiger partial charge >= 0.3 is 7.12 Å². The number of nitrogens with zero attached hydrogens (tertiary/aromatic N) is 2. The number of benzene rings is 1. The van der Waals surface area contributed by atoms with Crippen molar-refractivity contribution in [3.63, 3.8) is 0 Å². The van der Waals surface area contributed by atoms with E-state index in [0.29, 0.717) is 30.7 Å². The molecule has 1 fully saturated rings. The second-order valence-corrected chi connectivity index (χ2v) is 5.89. The van der Waals surface area contributed by atoms with Crippen LogP contribution in [0, 0.1) is 0 Å². The Morgan fingerprint density at radius 2 is 2.17 bits per heavy atom. The van der Waals surface area contributed by atoms with Crippen molar-refractivity contribution in [2.75, 3.05) is 33.2 Å². The number of likely N-dealkylation sites (N-methyl/N-ethyl adjacent to an activating group) is 1. The maximum Gasteiger partial charge on any atom is 0.491 e. The van der Waals surface area contributed by atoms with Crippen LogP contribution in [0.15, 0.2) is 18.2 Å². The van der Waals surface area contributed by atoms with E-state index in [0.717, 1.165) is 5.56 Å². The summed E-state index contributed by atoms with van der Waals surface area (Å²) in [7, 11) is 0.670. The minimum absolute atomic E-state index is 0.0353. The zero-order valence-corrected chi connectivity index (χ0v) is 13.3. The normalized spacial score (nSPS) is 17.1. The smallest absolute Gasteiger partial charge is 0.423 e. The number of nitrogens with one attached hydrogen (secondary N) is 1. The Labute approximate surface area is 139 Å². The Morgan fingerprint density at radius 3 is 2.92 bits per heavy atom. The van der Waals surface area contributed by atoms with Crippen molar-refractivity contribution in [1.29, 1.82) is 0 Å². The number of hydrogen-bond acceptors (Lipinski definition) is 5. The topological polar surface area (TPSA) is 99.2 Å². The molecule has 3 rings (SSSR count). The summed E-state index contributed by atoms with van der Waals surface area (Å²) in [6.07, 6.45) is 0. The molecular formula is C15H18BN3O5. The van der Waals surface area contributed by atoms with Gasteiger partial charge in [0.2, 0.25) is 11.8 Å². The molecule has 0 bridgehead atoms. The number of fused-ring (bicyclic) bond motifs is 1. The summed E-state index contributed by atoms with van der Waals surface area (Å²) in [5.41, 5.74) is 1.75. The number of hydrogen-bond donors (Lipinski definition) is 2. The van der Waals surface area contributed by atoms with Crippen molar-refractivity contribution in [2.24, 2.45) is 0 Å². The summed E-state index contributed by atoms with van der Waals surface area (Å²) >= 11 is 0. The molecular weight excluding hydrogens is 313 g/mol. The Morgan fingerprint density at radius 1 is 1.38 bits per heavy atom. The zero-order chi connectivity index (χ0) is 17.3. The molecule has 2 heterocycles. The fourth-order valence-corrected chi connectivity index (χ4v) is 2.70. The van der Waals surface area contributed by atoms with Crippen LogP contribution in [0.2, 0.25) is 0 Å². The van der Waals surface area contributed by atoms with E-state index >= 15 is 0 Å². The van der Waals surface area contributed by atoms with E-state index in [1.54, 1.807) is 30.1 Å². The maximum atomic E-state index is 12.2. The highest BCUT2D eigenvalue weighted by Crippen LogP contribution is 2.11. The van der Waals surface area contributed by atoms with Crippen molar-refractivity contribution in [3.05, 3.63) is 29.3 Å². The molecule has 0 aliphatic carbocycles.